The first-order valence-electron chi connectivity index (χ1n) is 7.13. The Bertz CT molecular complexity index is 948. The largest absolute Gasteiger partial charge is 0.484 e. The second-order valence-electron chi connectivity index (χ2n) is 5.11. The number of amides is 1. The lowest BCUT2D eigenvalue weighted by molar-refractivity contribution is -0.385. The van der Waals surface area contributed by atoms with Crippen molar-refractivity contribution in [3.05, 3.63) is 63.2 Å². The van der Waals surface area contributed by atoms with Crippen LogP contribution in [0.25, 0.3) is 0 Å². The molecule has 0 spiro atoms. The molecule has 0 atom stereocenters. The molecule has 11 heteroatoms. The number of sulfonamides is 1. The zero-order valence-corrected chi connectivity index (χ0v) is 15.0. The molecule has 2 N–H and O–H groups in total. The van der Waals surface area contributed by atoms with Crippen molar-refractivity contribution < 1.29 is 22.9 Å². The lowest BCUT2D eigenvalue weighted by Gasteiger charge is -2.10. The van der Waals surface area contributed by atoms with Gasteiger partial charge in [0.05, 0.1) is 9.82 Å². The molecule has 0 aliphatic heterocycles. The van der Waals surface area contributed by atoms with Crippen LogP contribution in [-0.4, -0.2) is 25.9 Å². The number of nitro benzene ring substituents is 1. The van der Waals surface area contributed by atoms with Crippen molar-refractivity contribution in [2.45, 2.75) is 11.8 Å². The summed E-state index contributed by atoms with van der Waals surface area (Å²) in [4.78, 5) is 23.4. The molecule has 0 saturated carbocycles. The van der Waals surface area contributed by atoms with Crippen molar-refractivity contribution in [2.24, 2.45) is 0 Å². The van der Waals surface area contributed by atoms with Crippen molar-refractivity contribution in [2.75, 3.05) is 6.61 Å². The van der Waals surface area contributed by atoms with E-state index in [2.05, 4.69) is 0 Å². The van der Waals surface area contributed by atoms with E-state index >= 15 is 0 Å². The molecule has 2 rings (SSSR count). The summed E-state index contributed by atoms with van der Waals surface area (Å²) < 4.78 is 29.4. The molecule has 0 fully saturated rings. The van der Waals surface area contributed by atoms with Crippen molar-refractivity contribution in [1.82, 2.24) is 10.3 Å². The van der Waals surface area contributed by atoms with Crippen LogP contribution in [0.1, 0.15) is 5.56 Å². The second kappa shape index (κ2) is 8.13. The van der Waals surface area contributed by atoms with Crippen LogP contribution in [0.3, 0.4) is 0 Å². The quantitative estimate of drug-likeness (QED) is 0.541. The molecule has 0 heterocycles. The van der Waals surface area contributed by atoms with Crippen LogP contribution in [0, 0.1) is 17.0 Å². The van der Waals surface area contributed by atoms with E-state index in [1.54, 1.807) is 18.2 Å². The van der Waals surface area contributed by atoms with Gasteiger partial charge in [0.25, 0.3) is 21.6 Å². The number of hydrogen-bond donors (Lipinski definition) is 2. The first-order valence-corrected chi connectivity index (χ1v) is 8.99. The standard InChI is InChI=1S/C15H14ClN3O6S/c1-10-5-6-13(8-14(10)19(21)22)26(23,24)18-17-15(20)9-25-12-4-2-3-11(16)7-12/h2-8,18H,9H2,1H3,(H,17,20). The SMILES string of the molecule is Cc1ccc(S(=O)(=O)NNC(=O)COc2cccc(Cl)c2)cc1[N+](=O)[O-]. The normalized spacial score (nSPS) is 11.0. The maximum Gasteiger partial charge on any atom is 0.273 e. The molecule has 0 aliphatic rings. The van der Waals surface area contributed by atoms with Gasteiger partial charge in [0.1, 0.15) is 5.75 Å². The number of benzene rings is 2. The Labute approximate surface area is 154 Å². The summed E-state index contributed by atoms with van der Waals surface area (Å²) in [6, 6.07) is 9.73. The zero-order valence-electron chi connectivity index (χ0n) is 13.4. The van der Waals surface area contributed by atoms with Gasteiger partial charge in [-0.25, -0.2) is 8.42 Å². The van der Waals surface area contributed by atoms with Gasteiger partial charge < -0.3 is 4.74 Å². The Hall–Kier alpha value is -2.69. The van der Waals surface area contributed by atoms with Gasteiger partial charge in [0, 0.05) is 16.7 Å². The van der Waals surface area contributed by atoms with Crippen LogP contribution in [0.15, 0.2) is 47.4 Å². The van der Waals surface area contributed by atoms with Crippen molar-refractivity contribution in [3.63, 3.8) is 0 Å². The molecule has 0 aliphatic carbocycles. The van der Waals surface area contributed by atoms with Crippen molar-refractivity contribution >= 4 is 33.2 Å². The Morgan fingerprint density at radius 3 is 2.65 bits per heavy atom. The molecular weight excluding hydrogens is 386 g/mol. The van der Waals surface area contributed by atoms with Gasteiger partial charge in [-0.15, -0.1) is 4.83 Å². The Balaban J connectivity index is 1.98. The van der Waals surface area contributed by atoms with Crippen LogP contribution >= 0.6 is 11.6 Å². The van der Waals surface area contributed by atoms with E-state index in [9.17, 15) is 23.3 Å². The minimum atomic E-state index is -4.18. The summed E-state index contributed by atoms with van der Waals surface area (Å²) in [5, 5.41) is 11.3. The lowest BCUT2D eigenvalue weighted by Crippen LogP contribution is -2.43. The topological polar surface area (TPSA) is 128 Å². The van der Waals surface area contributed by atoms with Gasteiger partial charge in [0.15, 0.2) is 6.61 Å². The molecule has 2 aromatic carbocycles. The van der Waals surface area contributed by atoms with Crippen LogP contribution in [0.4, 0.5) is 5.69 Å². The number of nitrogens with zero attached hydrogens (tertiary/aromatic N) is 1. The summed E-state index contributed by atoms with van der Waals surface area (Å²) in [7, 11) is -4.18. The predicted octanol–water partition coefficient (Wildman–Crippen LogP) is 1.95. The minimum Gasteiger partial charge on any atom is -0.484 e. The molecule has 26 heavy (non-hydrogen) atoms. The van der Waals surface area contributed by atoms with Gasteiger partial charge in [-0.2, -0.15) is 0 Å². The molecule has 9 nitrogen and oxygen atoms in total. The maximum atomic E-state index is 12.1. The van der Waals surface area contributed by atoms with Gasteiger partial charge in [-0.05, 0) is 31.2 Å². The number of rotatable bonds is 7. The van der Waals surface area contributed by atoms with E-state index in [4.69, 9.17) is 16.3 Å². The van der Waals surface area contributed by atoms with E-state index in [-0.39, 0.29) is 10.6 Å². The number of nitrogens with one attached hydrogen (secondary N) is 2. The fourth-order valence-electron chi connectivity index (χ4n) is 1.88. The summed E-state index contributed by atoms with van der Waals surface area (Å²) in [6.07, 6.45) is 0. The lowest BCUT2D eigenvalue weighted by atomic mass is 10.2. The second-order valence-corrected chi connectivity index (χ2v) is 7.22. The van der Waals surface area contributed by atoms with Gasteiger partial charge in [-0.1, -0.05) is 23.7 Å². The van der Waals surface area contributed by atoms with Crippen molar-refractivity contribution in [1.29, 1.82) is 0 Å². The predicted molar refractivity (Wildman–Crippen MR) is 93.2 cm³/mol. The smallest absolute Gasteiger partial charge is 0.273 e. The van der Waals surface area contributed by atoms with Crippen LogP contribution in [0.5, 0.6) is 5.75 Å². The Morgan fingerprint density at radius 2 is 2.00 bits per heavy atom. The molecule has 0 unspecified atom stereocenters. The molecule has 0 saturated heterocycles. The van der Waals surface area contributed by atoms with E-state index in [0.29, 0.717) is 16.3 Å². The first-order chi connectivity index (χ1) is 12.2. The highest BCUT2D eigenvalue weighted by Gasteiger charge is 2.20. The van der Waals surface area contributed by atoms with Crippen LogP contribution < -0.4 is 15.0 Å². The number of nitro groups is 1. The Kier molecular flexibility index (Phi) is 6.14. The Morgan fingerprint density at radius 1 is 1.27 bits per heavy atom. The molecule has 1 amide bonds. The number of hydrazine groups is 1. The summed E-state index contributed by atoms with van der Waals surface area (Å²) in [5.41, 5.74) is 1.93. The molecule has 138 valence electrons. The summed E-state index contributed by atoms with van der Waals surface area (Å²) in [6.45, 7) is 1.02. The fraction of sp³-hybridized carbons (Fsp3) is 0.133. The average Bonchev–Trinajstić information content (AvgIpc) is 2.58. The van der Waals surface area contributed by atoms with Crippen molar-refractivity contribution in [3.8, 4) is 5.75 Å². The number of aryl methyl sites for hydroxylation is 1. The third-order valence-corrected chi connectivity index (χ3v) is 4.66. The third-order valence-electron chi connectivity index (χ3n) is 3.18. The number of hydrogen-bond acceptors (Lipinski definition) is 6. The van der Waals surface area contributed by atoms with Gasteiger partial charge in [0.2, 0.25) is 0 Å². The van der Waals surface area contributed by atoms with E-state index in [0.717, 1.165) is 6.07 Å². The van der Waals surface area contributed by atoms with Crippen LogP contribution in [0.2, 0.25) is 5.02 Å². The molecule has 2 aromatic rings. The summed E-state index contributed by atoms with van der Waals surface area (Å²) >= 11 is 5.77. The number of halogens is 1. The minimum absolute atomic E-state index is 0.313. The van der Waals surface area contributed by atoms with Crippen LogP contribution in [-0.2, 0) is 14.8 Å². The van der Waals surface area contributed by atoms with E-state index in [1.807, 2.05) is 10.3 Å². The number of ether oxygens (including phenoxy) is 1. The summed E-state index contributed by atoms with van der Waals surface area (Å²) in [5.74, 6) is -0.431. The number of carbonyl (C=O) groups is 1. The highest BCUT2D eigenvalue weighted by atomic mass is 35.5. The number of carbonyl (C=O) groups excluding carboxylic acids is 1. The van der Waals surface area contributed by atoms with E-state index < -0.39 is 27.5 Å². The molecule has 0 aromatic heterocycles. The third kappa shape index (κ3) is 5.15. The van der Waals surface area contributed by atoms with Gasteiger partial charge >= 0.3 is 0 Å². The average molecular weight is 400 g/mol. The maximum absolute atomic E-state index is 12.1. The fourth-order valence-corrected chi connectivity index (χ4v) is 2.94. The molecular formula is C15H14ClN3O6S. The highest BCUT2D eigenvalue weighted by Crippen LogP contribution is 2.21. The highest BCUT2D eigenvalue weighted by molar-refractivity contribution is 7.89. The van der Waals surface area contributed by atoms with Gasteiger partial charge in [-0.3, -0.25) is 20.3 Å². The van der Waals surface area contributed by atoms with E-state index in [1.165, 1.54) is 25.1 Å². The first kappa shape index (κ1) is 19.6. The zero-order chi connectivity index (χ0) is 19.3. The monoisotopic (exact) mass is 399 g/mol. The molecule has 0 bridgehead atoms. The molecule has 0 radical (unpaired) electrons.